The third-order valence-electron chi connectivity index (χ3n) is 4.84. The van der Waals surface area contributed by atoms with Gasteiger partial charge in [0.1, 0.15) is 0 Å². The minimum atomic E-state index is -0.332. The molecule has 0 saturated carbocycles. The topological polar surface area (TPSA) is 46.3 Å². The summed E-state index contributed by atoms with van der Waals surface area (Å²) in [5.41, 5.74) is 7.17. The number of rotatable bonds is 2. The molecule has 1 aromatic rings. The van der Waals surface area contributed by atoms with Gasteiger partial charge in [-0.3, -0.25) is 4.79 Å². The molecule has 0 unspecified atom stereocenters. The van der Waals surface area contributed by atoms with Gasteiger partial charge in [0.25, 0.3) is 0 Å². The van der Waals surface area contributed by atoms with Gasteiger partial charge in [-0.1, -0.05) is 44.2 Å². The molecular formula is C16H23ClN2O. The predicted molar refractivity (Wildman–Crippen MR) is 82.7 cm³/mol. The number of amides is 1. The molecule has 3 rings (SSSR count). The maximum absolute atomic E-state index is 12.5. The maximum Gasteiger partial charge on any atom is 0.240 e. The molecule has 2 heterocycles. The van der Waals surface area contributed by atoms with Gasteiger partial charge in [-0.25, -0.2) is 0 Å². The Kier molecular flexibility index (Phi) is 4.12. The first-order chi connectivity index (χ1) is 9.06. The standard InChI is InChI=1S/C16H22N2O.ClH/c1-11(2)14-8-9-16(12-6-4-3-5-7-12)10-13(17)15(19)18(14)16;/h3-7,11,13-14H,8-10,17H2,1-2H3;1H/t13-,14+,16+;/m0./s1. The smallest absolute Gasteiger partial charge is 0.240 e. The van der Waals surface area contributed by atoms with Gasteiger partial charge in [-0.2, -0.15) is 0 Å². The van der Waals surface area contributed by atoms with Crippen LogP contribution < -0.4 is 5.73 Å². The van der Waals surface area contributed by atoms with Crippen LogP contribution in [-0.4, -0.2) is 22.9 Å². The van der Waals surface area contributed by atoms with E-state index in [9.17, 15) is 4.79 Å². The van der Waals surface area contributed by atoms with Gasteiger partial charge in [-0.15, -0.1) is 12.4 Å². The first-order valence-corrected chi connectivity index (χ1v) is 7.20. The molecule has 2 aliphatic rings. The van der Waals surface area contributed by atoms with Crippen LogP contribution in [-0.2, 0) is 10.3 Å². The molecule has 0 bridgehead atoms. The van der Waals surface area contributed by atoms with Crippen LogP contribution in [0, 0.1) is 5.92 Å². The molecule has 0 aromatic heterocycles. The highest BCUT2D eigenvalue weighted by atomic mass is 35.5. The summed E-state index contributed by atoms with van der Waals surface area (Å²) in [6.45, 7) is 4.39. The zero-order chi connectivity index (χ0) is 13.6. The van der Waals surface area contributed by atoms with Crippen molar-refractivity contribution < 1.29 is 4.79 Å². The van der Waals surface area contributed by atoms with E-state index in [-0.39, 0.29) is 29.9 Å². The zero-order valence-corrected chi connectivity index (χ0v) is 12.9. The Bertz CT molecular complexity index is 491. The molecule has 1 amide bonds. The molecular weight excluding hydrogens is 272 g/mol. The van der Waals surface area contributed by atoms with E-state index in [0.29, 0.717) is 12.0 Å². The average molecular weight is 295 g/mol. The van der Waals surface area contributed by atoms with E-state index in [2.05, 4.69) is 43.0 Å². The van der Waals surface area contributed by atoms with Crippen molar-refractivity contribution in [2.45, 2.75) is 50.7 Å². The van der Waals surface area contributed by atoms with Crippen LogP contribution in [0.15, 0.2) is 30.3 Å². The molecule has 0 aliphatic carbocycles. The maximum atomic E-state index is 12.5. The third kappa shape index (κ3) is 2.04. The van der Waals surface area contributed by atoms with Crippen molar-refractivity contribution in [3.8, 4) is 0 Å². The summed E-state index contributed by atoms with van der Waals surface area (Å²) in [6, 6.07) is 10.4. The molecule has 2 N–H and O–H groups in total. The van der Waals surface area contributed by atoms with Gasteiger partial charge < -0.3 is 10.6 Å². The van der Waals surface area contributed by atoms with Crippen molar-refractivity contribution in [2.24, 2.45) is 11.7 Å². The van der Waals surface area contributed by atoms with E-state index in [1.807, 2.05) is 6.07 Å². The van der Waals surface area contributed by atoms with Crippen molar-refractivity contribution in [3.63, 3.8) is 0 Å². The van der Waals surface area contributed by atoms with Crippen LogP contribution in [0.3, 0.4) is 0 Å². The van der Waals surface area contributed by atoms with E-state index in [1.165, 1.54) is 5.56 Å². The van der Waals surface area contributed by atoms with Gasteiger partial charge in [0.05, 0.1) is 11.6 Å². The first kappa shape index (κ1) is 15.3. The fourth-order valence-electron chi connectivity index (χ4n) is 3.94. The normalized spacial score (nSPS) is 32.4. The number of fused-ring (bicyclic) bond motifs is 1. The highest BCUT2D eigenvalue weighted by molar-refractivity contribution is 5.86. The minimum absolute atomic E-state index is 0. The Morgan fingerprint density at radius 1 is 1.30 bits per heavy atom. The van der Waals surface area contributed by atoms with Crippen molar-refractivity contribution in [2.75, 3.05) is 0 Å². The second-order valence-electron chi connectivity index (χ2n) is 6.27. The summed E-state index contributed by atoms with van der Waals surface area (Å²) in [5.74, 6) is 0.625. The molecule has 0 radical (unpaired) electrons. The lowest BCUT2D eigenvalue weighted by atomic mass is 9.85. The number of nitrogens with two attached hydrogens (primary N) is 1. The fourth-order valence-corrected chi connectivity index (χ4v) is 3.94. The fraction of sp³-hybridized carbons (Fsp3) is 0.562. The lowest BCUT2D eigenvalue weighted by Gasteiger charge is -2.37. The minimum Gasteiger partial charge on any atom is -0.328 e. The molecule has 3 nitrogen and oxygen atoms in total. The molecule has 110 valence electrons. The molecule has 2 saturated heterocycles. The summed E-state index contributed by atoms with van der Waals surface area (Å²) < 4.78 is 0. The van der Waals surface area contributed by atoms with E-state index < -0.39 is 0 Å². The molecule has 3 atom stereocenters. The Balaban J connectivity index is 0.00000147. The lowest BCUT2D eigenvalue weighted by Crippen LogP contribution is -2.45. The Hall–Kier alpha value is -1.06. The molecule has 20 heavy (non-hydrogen) atoms. The number of carbonyl (C=O) groups excluding carboxylic acids is 1. The van der Waals surface area contributed by atoms with Gasteiger partial charge >= 0.3 is 0 Å². The average Bonchev–Trinajstić information content (AvgIpc) is 2.89. The highest BCUT2D eigenvalue weighted by Gasteiger charge is 2.57. The number of nitrogens with zero attached hydrogens (tertiary/aromatic N) is 1. The number of hydrogen-bond acceptors (Lipinski definition) is 2. The Morgan fingerprint density at radius 3 is 2.55 bits per heavy atom. The van der Waals surface area contributed by atoms with Crippen molar-refractivity contribution in [3.05, 3.63) is 35.9 Å². The van der Waals surface area contributed by atoms with E-state index >= 15 is 0 Å². The van der Waals surface area contributed by atoms with Crippen LogP contribution in [0.5, 0.6) is 0 Å². The lowest BCUT2D eigenvalue weighted by molar-refractivity contribution is -0.133. The largest absolute Gasteiger partial charge is 0.328 e. The Labute approximate surface area is 126 Å². The number of halogens is 1. The van der Waals surface area contributed by atoms with Gasteiger partial charge in [-0.05, 0) is 30.7 Å². The molecule has 0 spiro atoms. The van der Waals surface area contributed by atoms with Crippen LogP contribution in [0.25, 0.3) is 0 Å². The third-order valence-corrected chi connectivity index (χ3v) is 4.84. The van der Waals surface area contributed by atoms with Crippen LogP contribution >= 0.6 is 12.4 Å². The molecule has 2 fully saturated rings. The van der Waals surface area contributed by atoms with Gasteiger partial charge in [0.2, 0.25) is 5.91 Å². The number of benzene rings is 1. The van der Waals surface area contributed by atoms with Crippen LogP contribution in [0.2, 0.25) is 0 Å². The monoisotopic (exact) mass is 294 g/mol. The van der Waals surface area contributed by atoms with E-state index in [1.54, 1.807) is 0 Å². The molecule has 1 aromatic carbocycles. The van der Waals surface area contributed by atoms with Crippen LogP contribution in [0.4, 0.5) is 0 Å². The molecule has 2 aliphatic heterocycles. The van der Waals surface area contributed by atoms with Crippen LogP contribution in [0.1, 0.15) is 38.7 Å². The SMILES string of the molecule is CC(C)[C@H]1CC[C@]2(c3ccccc3)C[C@H](N)C(=O)N12.Cl. The van der Waals surface area contributed by atoms with Crippen molar-refractivity contribution in [1.82, 2.24) is 4.90 Å². The van der Waals surface area contributed by atoms with E-state index in [4.69, 9.17) is 5.73 Å². The second-order valence-corrected chi connectivity index (χ2v) is 6.27. The van der Waals surface area contributed by atoms with Gasteiger partial charge in [0, 0.05) is 6.04 Å². The number of carbonyl (C=O) groups is 1. The van der Waals surface area contributed by atoms with Crippen molar-refractivity contribution in [1.29, 1.82) is 0 Å². The quantitative estimate of drug-likeness (QED) is 0.911. The summed E-state index contributed by atoms with van der Waals surface area (Å²) in [6.07, 6.45) is 2.89. The van der Waals surface area contributed by atoms with Gasteiger partial charge in [0.15, 0.2) is 0 Å². The summed E-state index contributed by atoms with van der Waals surface area (Å²) in [5, 5.41) is 0. The predicted octanol–water partition coefficient (Wildman–Crippen LogP) is 2.68. The summed E-state index contributed by atoms with van der Waals surface area (Å²) >= 11 is 0. The highest BCUT2D eigenvalue weighted by Crippen LogP contribution is 2.51. The second kappa shape index (κ2) is 5.38. The summed E-state index contributed by atoms with van der Waals surface area (Å²) in [7, 11) is 0. The van der Waals surface area contributed by atoms with E-state index in [0.717, 1.165) is 19.3 Å². The Morgan fingerprint density at radius 2 is 1.95 bits per heavy atom. The summed E-state index contributed by atoms with van der Waals surface area (Å²) in [4.78, 5) is 14.6. The number of hydrogen-bond donors (Lipinski definition) is 1. The molecule has 4 heteroatoms. The zero-order valence-electron chi connectivity index (χ0n) is 12.1. The van der Waals surface area contributed by atoms with Crippen molar-refractivity contribution >= 4 is 18.3 Å². The first-order valence-electron chi connectivity index (χ1n) is 7.20.